The zero-order valence-electron chi connectivity index (χ0n) is 17.3. The van der Waals surface area contributed by atoms with Crippen molar-refractivity contribution in [1.82, 2.24) is 14.9 Å². The number of benzene rings is 2. The summed E-state index contributed by atoms with van der Waals surface area (Å²) in [6, 6.07) is 23.3. The predicted octanol–water partition coefficient (Wildman–Crippen LogP) is 5.83. The fourth-order valence-electron chi connectivity index (χ4n) is 4.20. The number of phenols is 1. The number of aryl methyl sites for hydroxylation is 1. The summed E-state index contributed by atoms with van der Waals surface area (Å²) in [5.41, 5.74) is 5.12. The number of aromatic nitrogens is 2. The molecule has 2 N–H and O–H groups in total. The Morgan fingerprint density at radius 2 is 1.78 bits per heavy atom. The molecule has 1 aliphatic rings. The molecule has 0 saturated carbocycles. The van der Waals surface area contributed by atoms with Gasteiger partial charge in [0.15, 0.2) is 5.11 Å². The van der Waals surface area contributed by atoms with Crippen LogP contribution in [-0.4, -0.2) is 19.8 Å². The molecule has 0 bridgehead atoms. The maximum absolute atomic E-state index is 9.74. The van der Waals surface area contributed by atoms with Crippen LogP contribution in [0.4, 0.5) is 5.69 Å². The maximum Gasteiger partial charge on any atom is 0.174 e. The van der Waals surface area contributed by atoms with Gasteiger partial charge in [-0.1, -0.05) is 22.0 Å². The summed E-state index contributed by atoms with van der Waals surface area (Å²) >= 11 is 9.44. The van der Waals surface area contributed by atoms with Gasteiger partial charge < -0.3 is 19.9 Å². The summed E-state index contributed by atoms with van der Waals surface area (Å²) in [5, 5.41) is 13.9. The number of nitrogens with zero attached hydrogens (tertiary/aromatic N) is 3. The lowest BCUT2D eigenvalue weighted by Crippen LogP contribution is -2.30. The third kappa shape index (κ3) is 3.67. The lowest BCUT2D eigenvalue weighted by Gasteiger charge is -2.29. The van der Waals surface area contributed by atoms with Crippen LogP contribution in [0.15, 0.2) is 89.7 Å². The third-order valence-electron chi connectivity index (χ3n) is 5.73. The Morgan fingerprint density at radius 1 is 1.00 bits per heavy atom. The average molecular weight is 505 g/mol. The number of nitrogens with one attached hydrogen (secondary N) is 1. The van der Waals surface area contributed by atoms with E-state index in [0.29, 0.717) is 5.11 Å². The second-order valence-electron chi connectivity index (χ2n) is 7.75. The van der Waals surface area contributed by atoms with E-state index >= 15 is 0 Å². The van der Waals surface area contributed by atoms with Crippen molar-refractivity contribution in [3.8, 4) is 11.4 Å². The summed E-state index contributed by atoms with van der Waals surface area (Å²) in [7, 11) is 0. The van der Waals surface area contributed by atoms with E-state index in [2.05, 4.69) is 66.9 Å². The first-order valence-corrected chi connectivity index (χ1v) is 11.5. The second kappa shape index (κ2) is 8.41. The molecule has 7 heteroatoms. The molecule has 160 valence electrons. The van der Waals surface area contributed by atoms with Crippen LogP contribution >= 0.6 is 28.1 Å². The fraction of sp³-hybridized carbons (Fsp3) is 0.120. The van der Waals surface area contributed by atoms with Crippen LogP contribution in [0.2, 0.25) is 0 Å². The molecule has 0 amide bonds. The van der Waals surface area contributed by atoms with Crippen LogP contribution in [0.1, 0.15) is 29.0 Å². The Kier molecular flexibility index (Phi) is 5.45. The molecular weight excluding hydrogens is 484 g/mol. The summed E-state index contributed by atoms with van der Waals surface area (Å²) in [6.07, 6.45) is 3.84. The lowest BCUT2D eigenvalue weighted by molar-refractivity contribution is 0.475. The molecule has 5 rings (SSSR count). The monoisotopic (exact) mass is 504 g/mol. The van der Waals surface area contributed by atoms with E-state index in [4.69, 9.17) is 12.2 Å². The van der Waals surface area contributed by atoms with E-state index in [0.717, 1.165) is 32.8 Å². The lowest BCUT2D eigenvalue weighted by atomic mass is 10.0. The van der Waals surface area contributed by atoms with Crippen LogP contribution in [0, 0.1) is 6.92 Å². The van der Waals surface area contributed by atoms with Crippen molar-refractivity contribution in [2.24, 2.45) is 0 Å². The Balaban J connectivity index is 1.67. The van der Waals surface area contributed by atoms with Crippen molar-refractivity contribution in [3.05, 3.63) is 107 Å². The highest BCUT2D eigenvalue weighted by molar-refractivity contribution is 9.10. The second-order valence-corrected chi connectivity index (χ2v) is 8.99. The van der Waals surface area contributed by atoms with Crippen molar-refractivity contribution in [1.29, 1.82) is 0 Å². The molecule has 32 heavy (non-hydrogen) atoms. The molecule has 2 atom stereocenters. The number of phenolic OH excluding ortho intramolecular Hbond substituents is 1. The Labute approximate surface area is 200 Å². The quantitative estimate of drug-likeness (QED) is 0.342. The number of anilines is 1. The van der Waals surface area contributed by atoms with Gasteiger partial charge in [-0.05, 0) is 91.4 Å². The summed E-state index contributed by atoms with van der Waals surface area (Å²) in [4.78, 5) is 6.80. The van der Waals surface area contributed by atoms with Gasteiger partial charge in [0.1, 0.15) is 11.8 Å². The van der Waals surface area contributed by atoms with Crippen LogP contribution in [0.25, 0.3) is 5.69 Å². The number of rotatable bonds is 4. The molecule has 3 heterocycles. The van der Waals surface area contributed by atoms with Gasteiger partial charge in [0.2, 0.25) is 0 Å². The number of aromatic hydroxyl groups is 1. The number of hydrogen-bond donors (Lipinski definition) is 2. The highest BCUT2D eigenvalue weighted by Crippen LogP contribution is 2.42. The Bertz CT molecular complexity index is 1270. The van der Waals surface area contributed by atoms with E-state index in [9.17, 15) is 5.11 Å². The molecule has 0 unspecified atom stereocenters. The maximum atomic E-state index is 9.74. The summed E-state index contributed by atoms with van der Waals surface area (Å²) in [5.74, 6) is 0.240. The normalized spacial score (nSPS) is 18.1. The highest BCUT2D eigenvalue weighted by Gasteiger charge is 2.42. The molecule has 0 spiro atoms. The number of pyridine rings is 1. The fourth-order valence-corrected chi connectivity index (χ4v) is 4.79. The van der Waals surface area contributed by atoms with Crippen LogP contribution < -0.4 is 10.2 Å². The first kappa shape index (κ1) is 20.7. The molecule has 1 aliphatic heterocycles. The molecule has 2 aromatic carbocycles. The molecule has 5 nitrogen and oxygen atoms in total. The van der Waals surface area contributed by atoms with E-state index in [-0.39, 0.29) is 17.8 Å². The SMILES string of the molecule is Cc1cc(N2C(=S)N[C@@H](c3ccccn3)[C@H]2c2cccn2-c2ccc(O)cc2)ccc1Br. The van der Waals surface area contributed by atoms with Gasteiger partial charge in [0, 0.05) is 33.9 Å². The first-order chi connectivity index (χ1) is 15.5. The van der Waals surface area contributed by atoms with Gasteiger partial charge in [-0.15, -0.1) is 0 Å². The van der Waals surface area contributed by atoms with Gasteiger partial charge in [-0.3, -0.25) is 4.98 Å². The Hall–Kier alpha value is -3.16. The minimum Gasteiger partial charge on any atom is -0.508 e. The Morgan fingerprint density at radius 3 is 2.50 bits per heavy atom. The zero-order valence-corrected chi connectivity index (χ0v) is 19.7. The number of thiocarbonyl (C=S) groups is 1. The summed E-state index contributed by atoms with van der Waals surface area (Å²) < 4.78 is 3.19. The largest absolute Gasteiger partial charge is 0.508 e. The van der Waals surface area contributed by atoms with Crippen molar-refractivity contribution < 1.29 is 5.11 Å². The van der Waals surface area contributed by atoms with Crippen molar-refractivity contribution in [2.75, 3.05) is 4.90 Å². The van der Waals surface area contributed by atoms with Crippen molar-refractivity contribution in [2.45, 2.75) is 19.0 Å². The average Bonchev–Trinajstić information content (AvgIpc) is 3.41. The van der Waals surface area contributed by atoms with E-state index in [1.807, 2.05) is 48.8 Å². The minimum absolute atomic E-state index is 0.123. The standard InChI is InChI=1S/C25H21BrN4OS/c1-16-15-18(9-12-20(16)26)30-24(23(28-25(30)32)21-5-2-3-13-27-21)22-6-4-14-29(22)17-7-10-19(31)11-8-17/h2-15,23-24,31H,1H3,(H,28,32)/t23-,24+/m0/s1. The van der Waals surface area contributed by atoms with Crippen LogP contribution in [0.3, 0.4) is 0 Å². The molecular formula is C25H21BrN4OS. The van der Waals surface area contributed by atoms with E-state index < -0.39 is 0 Å². The third-order valence-corrected chi connectivity index (χ3v) is 6.93. The zero-order chi connectivity index (χ0) is 22.2. The molecule has 1 fully saturated rings. The van der Waals surface area contributed by atoms with Crippen molar-refractivity contribution >= 4 is 38.9 Å². The number of hydrogen-bond acceptors (Lipinski definition) is 3. The molecule has 0 aliphatic carbocycles. The van der Waals surface area contributed by atoms with E-state index in [1.54, 1.807) is 12.1 Å². The van der Waals surface area contributed by atoms with Gasteiger partial charge >= 0.3 is 0 Å². The predicted molar refractivity (Wildman–Crippen MR) is 134 cm³/mol. The van der Waals surface area contributed by atoms with Crippen LogP contribution in [0.5, 0.6) is 5.75 Å². The molecule has 4 aromatic rings. The summed E-state index contributed by atoms with van der Waals surface area (Å²) in [6.45, 7) is 2.07. The molecule has 0 radical (unpaired) electrons. The molecule has 2 aromatic heterocycles. The van der Waals surface area contributed by atoms with Gasteiger partial charge in [-0.25, -0.2) is 0 Å². The topological polar surface area (TPSA) is 53.3 Å². The van der Waals surface area contributed by atoms with Gasteiger partial charge in [-0.2, -0.15) is 0 Å². The smallest absolute Gasteiger partial charge is 0.174 e. The number of halogens is 1. The van der Waals surface area contributed by atoms with E-state index in [1.165, 1.54) is 0 Å². The highest BCUT2D eigenvalue weighted by atomic mass is 79.9. The van der Waals surface area contributed by atoms with Crippen molar-refractivity contribution in [3.63, 3.8) is 0 Å². The van der Waals surface area contributed by atoms with Crippen LogP contribution in [-0.2, 0) is 0 Å². The van der Waals surface area contributed by atoms with Gasteiger partial charge in [0.25, 0.3) is 0 Å². The first-order valence-electron chi connectivity index (χ1n) is 10.3. The van der Waals surface area contributed by atoms with Gasteiger partial charge in [0.05, 0.1) is 11.7 Å². The minimum atomic E-state index is -0.126. The molecule has 1 saturated heterocycles.